The van der Waals surface area contributed by atoms with E-state index < -0.39 is 5.41 Å². The highest BCUT2D eigenvalue weighted by Crippen LogP contribution is 2.46. The summed E-state index contributed by atoms with van der Waals surface area (Å²) in [7, 11) is 0. The summed E-state index contributed by atoms with van der Waals surface area (Å²) in [6.45, 7) is 0.315. The number of carbonyl (C=O) groups is 2. The molecule has 1 saturated carbocycles. The summed E-state index contributed by atoms with van der Waals surface area (Å²) in [4.78, 5) is 28.9. The van der Waals surface area contributed by atoms with E-state index in [-0.39, 0.29) is 11.8 Å². The Balaban J connectivity index is 1.60. The van der Waals surface area contributed by atoms with Crippen molar-refractivity contribution < 1.29 is 9.59 Å². The first-order valence-corrected chi connectivity index (χ1v) is 7.73. The van der Waals surface area contributed by atoms with Crippen molar-refractivity contribution in [2.75, 3.05) is 5.32 Å². The molecule has 0 radical (unpaired) electrons. The summed E-state index contributed by atoms with van der Waals surface area (Å²) in [5.41, 5.74) is 0.423. The average molecular weight is 330 g/mol. The maximum absolute atomic E-state index is 12.4. The molecule has 1 fully saturated rings. The van der Waals surface area contributed by atoms with Crippen LogP contribution in [0.1, 0.15) is 18.5 Å². The van der Waals surface area contributed by atoms with Crippen molar-refractivity contribution in [2.24, 2.45) is 5.41 Å². The molecular weight excluding hydrogens is 314 g/mol. The topological polar surface area (TPSA) is 71.1 Å². The first-order chi connectivity index (χ1) is 11.1. The van der Waals surface area contributed by atoms with E-state index in [0.29, 0.717) is 30.1 Å². The van der Waals surface area contributed by atoms with Crippen molar-refractivity contribution in [3.63, 3.8) is 0 Å². The number of benzene rings is 1. The SMILES string of the molecule is O=C(NCc1ccccn1)C1(C(=O)Nc2ccc(Cl)cc2)CC1. The van der Waals surface area contributed by atoms with E-state index in [9.17, 15) is 9.59 Å². The Labute approximate surface area is 139 Å². The van der Waals surface area contributed by atoms with Crippen LogP contribution in [0, 0.1) is 5.41 Å². The van der Waals surface area contributed by atoms with E-state index in [1.165, 1.54) is 0 Å². The minimum absolute atomic E-state index is 0.255. The number of aromatic nitrogens is 1. The predicted molar refractivity (Wildman–Crippen MR) is 87.8 cm³/mol. The van der Waals surface area contributed by atoms with Gasteiger partial charge in [-0.15, -0.1) is 0 Å². The fourth-order valence-electron chi connectivity index (χ4n) is 2.31. The molecule has 1 aliphatic carbocycles. The van der Waals surface area contributed by atoms with Crippen LogP contribution in [0.2, 0.25) is 5.02 Å². The summed E-state index contributed by atoms with van der Waals surface area (Å²) in [5.74, 6) is -0.534. The Hall–Kier alpha value is -2.40. The molecule has 2 N–H and O–H groups in total. The van der Waals surface area contributed by atoms with Crippen molar-refractivity contribution in [1.29, 1.82) is 0 Å². The molecule has 1 aromatic heterocycles. The lowest BCUT2D eigenvalue weighted by Crippen LogP contribution is -2.39. The molecule has 5 nitrogen and oxygen atoms in total. The van der Waals surface area contributed by atoms with E-state index in [1.54, 1.807) is 30.5 Å². The Morgan fingerprint density at radius 1 is 1.09 bits per heavy atom. The summed E-state index contributed by atoms with van der Waals surface area (Å²) in [5, 5.41) is 6.17. The van der Waals surface area contributed by atoms with Crippen LogP contribution in [-0.2, 0) is 16.1 Å². The normalized spacial score (nSPS) is 14.8. The standard InChI is InChI=1S/C17H16ClN3O2/c18-12-4-6-13(7-5-12)21-16(23)17(8-9-17)15(22)20-11-14-3-1-2-10-19-14/h1-7,10H,8-9,11H2,(H,20,22)(H,21,23). The third-order valence-electron chi connectivity index (χ3n) is 3.88. The van der Waals surface area contributed by atoms with Gasteiger partial charge in [0.2, 0.25) is 11.8 Å². The molecule has 0 unspecified atom stereocenters. The molecule has 0 spiro atoms. The van der Waals surface area contributed by atoms with Gasteiger partial charge in [0.15, 0.2) is 0 Å². The van der Waals surface area contributed by atoms with Gasteiger partial charge in [0.25, 0.3) is 0 Å². The number of amides is 2. The van der Waals surface area contributed by atoms with Gasteiger partial charge in [-0.3, -0.25) is 14.6 Å². The minimum Gasteiger partial charge on any atom is -0.350 e. The molecule has 2 amide bonds. The zero-order valence-electron chi connectivity index (χ0n) is 12.4. The van der Waals surface area contributed by atoms with Crippen molar-refractivity contribution in [2.45, 2.75) is 19.4 Å². The van der Waals surface area contributed by atoms with Gasteiger partial charge in [-0.1, -0.05) is 17.7 Å². The van der Waals surface area contributed by atoms with Crippen LogP contribution in [0.25, 0.3) is 0 Å². The van der Waals surface area contributed by atoms with Gasteiger partial charge in [0.05, 0.1) is 12.2 Å². The van der Waals surface area contributed by atoms with Crippen LogP contribution >= 0.6 is 11.6 Å². The number of hydrogen-bond acceptors (Lipinski definition) is 3. The number of halogens is 1. The Morgan fingerprint density at radius 2 is 1.83 bits per heavy atom. The monoisotopic (exact) mass is 329 g/mol. The fraction of sp³-hybridized carbons (Fsp3) is 0.235. The molecule has 1 aliphatic rings. The van der Waals surface area contributed by atoms with Gasteiger partial charge in [0, 0.05) is 16.9 Å². The van der Waals surface area contributed by atoms with Gasteiger partial charge in [-0.25, -0.2) is 0 Å². The van der Waals surface area contributed by atoms with Gasteiger partial charge >= 0.3 is 0 Å². The van der Waals surface area contributed by atoms with Gasteiger partial charge in [0.1, 0.15) is 5.41 Å². The minimum atomic E-state index is -0.964. The number of pyridine rings is 1. The predicted octanol–water partition coefficient (Wildman–Crippen LogP) is 2.77. The van der Waals surface area contributed by atoms with Crippen molar-refractivity contribution in [3.05, 3.63) is 59.4 Å². The molecule has 6 heteroatoms. The molecular formula is C17H16ClN3O2. The maximum atomic E-state index is 12.4. The highest BCUT2D eigenvalue weighted by Gasteiger charge is 2.56. The van der Waals surface area contributed by atoms with Crippen LogP contribution in [0.5, 0.6) is 0 Å². The van der Waals surface area contributed by atoms with Gasteiger partial charge in [-0.2, -0.15) is 0 Å². The quantitative estimate of drug-likeness (QED) is 0.829. The van der Waals surface area contributed by atoms with E-state index in [0.717, 1.165) is 5.69 Å². The lowest BCUT2D eigenvalue weighted by molar-refractivity contribution is -0.134. The van der Waals surface area contributed by atoms with Crippen molar-refractivity contribution >= 4 is 29.1 Å². The van der Waals surface area contributed by atoms with Gasteiger partial charge < -0.3 is 10.6 Å². The molecule has 23 heavy (non-hydrogen) atoms. The van der Waals surface area contributed by atoms with E-state index in [4.69, 9.17) is 11.6 Å². The van der Waals surface area contributed by atoms with Crippen LogP contribution in [0.15, 0.2) is 48.7 Å². The molecule has 3 rings (SSSR count). The number of rotatable bonds is 5. The zero-order valence-corrected chi connectivity index (χ0v) is 13.1. The molecule has 2 aromatic rings. The number of hydrogen-bond donors (Lipinski definition) is 2. The summed E-state index contributed by atoms with van der Waals surface area (Å²) >= 11 is 5.82. The maximum Gasteiger partial charge on any atom is 0.240 e. The number of nitrogens with zero attached hydrogens (tertiary/aromatic N) is 1. The second-order valence-corrected chi connectivity index (χ2v) is 5.98. The smallest absolute Gasteiger partial charge is 0.240 e. The third kappa shape index (κ3) is 3.51. The summed E-state index contributed by atoms with van der Waals surface area (Å²) in [6.07, 6.45) is 2.78. The molecule has 118 valence electrons. The van der Waals surface area contributed by atoms with Crippen molar-refractivity contribution in [1.82, 2.24) is 10.3 Å². The van der Waals surface area contributed by atoms with E-state index in [2.05, 4.69) is 15.6 Å². The van der Waals surface area contributed by atoms with Crippen LogP contribution in [0.3, 0.4) is 0 Å². The first-order valence-electron chi connectivity index (χ1n) is 7.35. The second kappa shape index (κ2) is 6.38. The Bertz CT molecular complexity index is 712. The van der Waals surface area contributed by atoms with Crippen LogP contribution in [0.4, 0.5) is 5.69 Å². The molecule has 0 saturated heterocycles. The molecule has 0 aliphatic heterocycles. The lowest BCUT2D eigenvalue weighted by Gasteiger charge is -2.15. The Morgan fingerprint density at radius 3 is 2.43 bits per heavy atom. The van der Waals surface area contributed by atoms with Crippen LogP contribution in [-0.4, -0.2) is 16.8 Å². The zero-order chi connectivity index (χ0) is 16.3. The molecule has 1 heterocycles. The fourth-order valence-corrected chi connectivity index (χ4v) is 2.43. The van der Waals surface area contributed by atoms with E-state index in [1.807, 2.05) is 18.2 Å². The first kappa shape index (κ1) is 15.5. The average Bonchev–Trinajstić information content (AvgIpc) is 3.38. The lowest BCUT2D eigenvalue weighted by atomic mass is 10.0. The Kier molecular flexibility index (Phi) is 4.30. The molecule has 0 bridgehead atoms. The highest BCUT2D eigenvalue weighted by atomic mass is 35.5. The van der Waals surface area contributed by atoms with Crippen molar-refractivity contribution in [3.8, 4) is 0 Å². The third-order valence-corrected chi connectivity index (χ3v) is 4.13. The van der Waals surface area contributed by atoms with Crippen LogP contribution < -0.4 is 10.6 Å². The number of nitrogens with one attached hydrogen (secondary N) is 2. The molecule has 1 aromatic carbocycles. The number of anilines is 1. The molecule has 0 atom stereocenters. The second-order valence-electron chi connectivity index (χ2n) is 5.55. The number of carbonyl (C=O) groups excluding carboxylic acids is 2. The van der Waals surface area contributed by atoms with E-state index >= 15 is 0 Å². The largest absolute Gasteiger partial charge is 0.350 e. The van der Waals surface area contributed by atoms with Gasteiger partial charge in [-0.05, 0) is 49.2 Å². The summed E-state index contributed by atoms with van der Waals surface area (Å²) < 4.78 is 0. The summed E-state index contributed by atoms with van der Waals surface area (Å²) in [6, 6.07) is 12.3. The highest BCUT2D eigenvalue weighted by molar-refractivity contribution is 6.30.